The zero-order chi connectivity index (χ0) is 17.4. The van der Waals surface area contributed by atoms with E-state index in [9.17, 15) is 9.90 Å². The molecule has 2 N–H and O–H groups in total. The summed E-state index contributed by atoms with van der Waals surface area (Å²) in [7, 11) is 0. The molecule has 25 heavy (non-hydrogen) atoms. The predicted octanol–water partition coefficient (Wildman–Crippen LogP) is 4.34. The molecule has 1 fully saturated rings. The van der Waals surface area contributed by atoms with E-state index in [-0.39, 0.29) is 23.6 Å². The van der Waals surface area contributed by atoms with E-state index in [4.69, 9.17) is 4.74 Å². The van der Waals surface area contributed by atoms with E-state index in [1.807, 2.05) is 18.2 Å². The number of aliphatic hydroxyl groups excluding tert-OH is 1. The number of thioether (sulfide) groups is 1. The maximum atomic E-state index is 12.6. The highest BCUT2D eigenvalue weighted by molar-refractivity contribution is 8.04. The number of carbonyl (C=O) groups excluding carboxylic acids is 1. The summed E-state index contributed by atoms with van der Waals surface area (Å²) in [5.74, 6) is -0.226. The van der Waals surface area contributed by atoms with Crippen molar-refractivity contribution in [2.45, 2.75) is 55.9 Å². The molecule has 0 saturated carbocycles. The van der Waals surface area contributed by atoms with E-state index in [0.717, 1.165) is 36.4 Å². The largest absolute Gasteiger partial charge is 0.511 e. The second-order valence-electron chi connectivity index (χ2n) is 7.62. The Morgan fingerprint density at radius 1 is 1.20 bits per heavy atom. The van der Waals surface area contributed by atoms with Gasteiger partial charge in [-0.05, 0) is 30.1 Å². The van der Waals surface area contributed by atoms with Crippen molar-refractivity contribution in [3.8, 4) is 0 Å². The van der Waals surface area contributed by atoms with Gasteiger partial charge in [-0.25, -0.2) is 4.79 Å². The van der Waals surface area contributed by atoms with Crippen LogP contribution in [0.15, 0.2) is 39.8 Å². The number of carbonyl (C=O) groups is 1. The zero-order valence-electron chi connectivity index (χ0n) is 14.9. The Morgan fingerprint density at radius 3 is 2.44 bits per heavy atom. The molecular weight excluding hydrogens is 358 g/mol. The summed E-state index contributed by atoms with van der Waals surface area (Å²) >= 11 is 1.32. The molecule has 138 valence electrons. The molecule has 4 nitrogen and oxygen atoms in total. The number of piperidine rings is 1. The second kappa shape index (κ2) is 7.60. The van der Waals surface area contributed by atoms with Crippen LogP contribution in [0.1, 0.15) is 45.6 Å². The van der Waals surface area contributed by atoms with Gasteiger partial charge in [0.1, 0.15) is 16.3 Å². The lowest BCUT2D eigenvalue weighted by Crippen LogP contribution is -2.47. The van der Waals surface area contributed by atoms with Gasteiger partial charge in [-0.15, -0.1) is 12.4 Å². The first-order valence-corrected chi connectivity index (χ1v) is 9.26. The molecule has 1 saturated heterocycles. The molecule has 2 heterocycles. The van der Waals surface area contributed by atoms with Crippen LogP contribution in [0.5, 0.6) is 0 Å². The third-order valence-electron chi connectivity index (χ3n) is 4.67. The number of esters is 1. The van der Waals surface area contributed by atoms with E-state index < -0.39 is 11.6 Å². The number of aliphatic hydroxyl groups is 1. The van der Waals surface area contributed by atoms with Gasteiger partial charge in [0.15, 0.2) is 0 Å². The minimum Gasteiger partial charge on any atom is -0.511 e. The maximum Gasteiger partial charge on any atom is 0.349 e. The number of rotatable bonds is 2. The van der Waals surface area contributed by atoms with Crippen LogP contribution in [0, 0.1) is 0 Å². The van der Waals surface area contributed by atoms with E-state index in [1.165, 1.54) is 11.8 Å². The summed E-state index contributed by atoms with van der Waals surface area (Å²) in [4.78, 5) is 13.9. The SMILES string of the molecule is CC(C)(C)c1ccccc1SC1=C(O)CC2(CCNCC2)OC1=O.Cl. The average molecular weight is 384 g/mol. The Morgan fingerprint density at radius 2 is 1.84 bits per heavy atom. The average Bonchev–Trinajstić information content (AvgIpc) is 2.51. The number of ether oxygens (including phenoxy) is 1. The summed E-state index contributed by atoms with van der Waals surface area (Å²) in [6.45, 7) is 8.06. The van der Waals surface area contributed by atoms with Crippen LogP contribution < -0.4 is 5.32 Å². The fourth-order valence-electron chi connectivity index (χ4n) is 3.33. The van der Waals surface area contributed by atoms with Crippen molar-refractivity contribution >= 4 is 30.1 Å². The molecule has 0 unspecified atom stereocenters. The van der Waals surface area contributed by atoms with Crippen LogP contribution in [0.4, 0.5) is 0 Å². The molecule has 2 aliphatic heterocycles. The molecule has 0 radical (unpaired) electrons. The van der Waals surface area contributed by atoms with Crippen molar-refractivity contribution in [3.05, 3.63) is 40.5 Å². The van der Waals surface area contributed by atoms with Gasteiger partial charge in [0.05, 0.1) is 0 Å². The summed E-state index contributed by atoms with van der Waals surface area (Å²) < 4.78 is 5.78. The van der Waals surface area contributed by atoms with Gasteiger partial charge in [-0.1, -0.05) is 50.7 Å². The molecule has 6 heteroatoms. The van der Waals surface area contributed by atoms with E-state index in [1.54, 1.807) is 0 Å². The van der Waals surface area contributed by atoms with Crippen LogP contribution in [-0.2, 0) is 14.9 Å². The van der Waals surface area contributed by atoms with E-state index >= 15 is 0 Å². The van der Waals surface area contributed by atoms with Gasteiger partial charge in [-0.3, -0.25) is 0 Å². The first-order valence-electron chi connectivity index (χ1n) is 8.44. The summed E-state index contributed by atoms with van der Waals surface area (Å²) in [5, 5.41) is 13.8. The lowest BCUT2D eigenvalue weighted by molar-refractivity contribution is -0.160. The van der Waals surface area contributed by atoms with Crippen molar-refractivity contribution in [2.75, 3.05) is 13.1 Å². The van der Waals surface area contributed by atoms with Gasteiger partial charge in [0.2, 0.25) is 0 Å². The Balaban J connectivity index is 0.00000225. The van der Waals surface area contributed by atoms with E-state index in [2.05, 4.69) is 32.2 Å². The smallest absolute Gasteiger partial charge is 0.349 e. The third-order valence-corrected chi connectivity index (χ3v) is 5.85. The normalized spacial score (nSPS) is 20.2. The molecule has 1 spiro atoms. The fraction of sp³-hybridized carbons (Fsp3) is 0.526. The maximum absolute atomic E-state index is 12.6. The highest BCUT2D eigenvalue weighted by atomic mass is 35.5. The van der Waals surface area contributed by atoms with Crippen LogP contribution in [0.3, 0.4) is 0 Å². The first-order chi connectivity index (χ1) is 11.3. The lowest BCUT2D eigenvalue weighted by atomic mass is 9.86. The van der Waals surface area contributed by atoms with E-state index in [0.29, 0.717) is 11.3 Å². The van der Waals surface area contributed by atoms with Crippen molar-refractivity contribution < 1.29 is 14.6 Å². The van der Waals surface area contributed by atoms with Crippen LogP contribution in [-0.4, -0.2) is 29.8 Å². The molecule has 0 bridgehead atoms. The molecule has 0 amide bonds. The quantitative estimate of drug-likeness (QED) is 0.744. The molecular formula is C19H26ClNO3S. The van der Waals surface area contributed by atoms with Crippen molar-refractivity contribution in [3.63, 3.8) is 0 Å². The second-order valence-corrected chi connectivity index (χ2v) is 8.68. The summed E-state index contributed by atoms with van der Waals surface area (Å²) in [6, 6.07) is 8.02. The number of hydrogen-bond donors (Lipinski definition) is 2. The monoisotopic (exact) mass is 383 g/mol. The van der Waals surface area contributed by atoms with Gasteiger partial charge in [0, 0.05) is 24.2 Å². The lowest BCUT2D eigenvalue weighted by Gasteiger charge is -2.39. The van der Waals surface area contributed by atoms with Crippen LogP contribution in [0.2, 0.25) is 0 Å². The van der Waals surface area contributed by atoms with Crippen molar-refractivity contribution in [2.24, 2.45) is 0 Å². The molecule has 0 aromatic heterocycles. The standard InChI is InChI=1S/C19H25NO3S.ClH/c1-18(2,3)13-6-4-5-7-15(13)24-16-14(21)12-19(23-17(16)22)8-10-20-11-9-19;/h4-7,20-21H,8-12H2,1-3H3;1H. The molecule has 0 atom stereocenters. The molecule has 3 rings (SSSR count). The van der Waals surface area contributed by atoms with Gasteiger partial charge < -0.3 is 15.2 Å². The fourth-order valence-corrected chi connectivity index (χ4v) is 4.50. The first kappa shape index (κ1) is 20.1. The predicted molar refractivity (Wildman–Crippen MR) is 103 cm³/mol. The number of halogens is 1. The van der Waals surface area contributed by atoms with Crippen molar-refractivity contribution in [1.29, 1.82) is 0 Å². The number of benzene rings is 1. The number of nitrogens with one attached hydrogen (secondary N) is 1. The Labute approximate surface area is 159 Å². The topological polar surface area (TPSA) is 58.6 Å². The Bertz CT molecular complexity index is 675. The van der Waals surface area contributed by atoms with Crippen LogP contribution >= 0.6 is 24.2 Å². The zero-order valence-corrected chi connectivity index (χ0v) is 16.6. The summed E-state index contributed by atoms with van der Waals surface area (Å²) in [6.07, 6.45) is 1.92. The van der Waals surface area contributed by atoms with Gasteiger partial charge >= 0.3 is 5.97 Å². The van der Waals surface area contributed by atoms with Gasteiger partial charge in [0.25, 0.3) is 0 Å². The highest BCUT2D eigenvalue weighted by Gasteiger charge is 2.43. The molecule has 2 aliphatic rings. The van der Waals surface area contributed by atoms with Crippen LogP contribution in [0.25, 0.3) is 0 Å². The third kappa shape index (κ3) is 4.33. The highest BCUT2D eigenvalue weighted by Crippen LogP contribution is 2.43. The summed E-state index contributed by atoms with van der Waals surface area (Å²) in [5.41, 5.74) is 0.597. The van der Waals surface area contributed by atoms with Gasteiger partial charge in [-0.2, -0.15) is 0 Å². The minimum absolute atomic E-state index is 0. The molecule has 1 aromatic rings. The minimum atomic E-state index is -0.528. The molecule has 1 aromatic carbocycles. The number of hydrogen-bond acceptors (Lipinski definition) is 5. The van der Waals surface area contributed by atoms with Crippen molar-refractivity contribution in [1.82, 2.24) is 5.32 Å². The Kier molecular flexibility index (Phi) is 6.13. The Hall–Kier alpha value is -1.17. The molecule has 0 aliphatic carbocycles.